The molecular weight excluding hydrogens is 540 g/mol. The molecule has 232 valence electrons. The second kappa shape index (κ2) is 18.4. The Hall–Kier alpha value is -3.10. The Morgan fingerprint density at radius 2 is 1.32 bits per heavy atom. The lowest BCUT2D eigenvalue weighted by Gasteiger charge is -2.22. The first kappa shape index (κ1) is 35.9. The average Bonchev–Trinajstić information content (AvgIpc) is 2.89. The fourth-order valence-corrected chi connectivity index (χ4v) is 3.57. The van der Waals surface area contributed by atoms with Gasteiger partial charge in [0.15, 0.2) is 11.9 Å². The highest BCUT2D eigenvalue weighted by atomic mass is 16.6. The van der Waals surface area contributed by atoms with E-state index in [0.717, 1.165) is 6.07 Å². The summed E-state index contributed by atoms with van der Waals surface area (Å²) in [5, 5.41) is 18.6. The molecule has 13 nitrogen and oxygen atoms in total. The molecule has 1 aromatic rings. The minimum absolute atomic E-state index is 0.221. The van der Waals surface area contributed by atoms with E-state index in [1.165, 1.54) is 19.1 Å². The fourth-order valence-electron chi connectivity index (χ4n) is 3.57. The normalized spacial score (nSPS) is 13.7. The van der Waals surface area contributed by atoms with Crippen molar-refractivity contribution in [2.45, 2.75) is 77.2 Å². The van der Waals surface area contributed by atoms with Gasteiger partial charge in [0.25, 0.3) is 0 Å². The van der Waals surface area contributed by atoms with Crippen molar-refractivity contribution in [2.24, 2.45) is 11.5 Å². The molecule has 0 saturated heterocycles. The van der Waals surface area contributed by atoms with Gasteiger partial charge in [0, 0.05) is 13.2 Å². The van der Waals surface area contributed by atoms with Gasteiger partial charge in [0.05, 0.1) is 38.0 Å². The maximum absolute atomic E-state index is 12.6. The maximum atomic E-state index is 12.6. The summed E-state index contributed by atoms with van der Waals surface area (Å²) in [4.78, 5) is 47.3. The lowest BCUT2D eigenvalue weighted by Crippen LogP contribution is -2.40. The van der Waals surface area contributed by atoms with E-state index in [4.69, 9.17) is 35.2 Å². The molecule has 3 atom stereocenters. The molecule has 6 N–H and O–H groups in total. The number of esters is 1. The van der Waals surface area contributed by atoms with Crippen LogP contribution in [0.1, 0.15) is 74.1 Å². The molecule has 0 spiro atoms. The van der Waals surface area contributed by atoms with Crippen LogP contribution in [0.5, 0.6) is 5.75 Å². The van der Waals surface area contributed by atoms with Crippen molar-refractivity contribution in [2.75, 3.05) is 39.6 Å². The summed E-state index contributed by atoms with van der Waals surface area (Å²) in [6.45, 7) is 9.11. The van der Waals surface area contributed by atoms with Crippen molar-refractivity contribution < 1.29 is 53.1 Å². The van der Waals surface area contributed by atoms with E-state index < -0.39 is 58.6 Å². The van der Waals surface area contributed by atoms with Crippen LogP contribution in [-0.4, -0.2) is 97.3 Å². The van der Waals surface area contributed by atoms with Gasteiger partial charge in [-0.05, 0) is 65.5 Å². The molecule has 0 bridgehead atoms. The third-order valence-corrected chi connectivity index (χ3v) is 5.60. The van der Waals surface area contributed by atoms with Crippen molar-refractivity contribution >= 4 is 23.7 Å². The van der Waals surface area contributed by atoms with Crippen molar-refractivity contribution in [3.05, 3.63) is 29.3 Å². The van der Waals surface area contributed by atoms with Gasteiger partial charge in [-0.3, -0.25) is 9.59 Å². The van der Waals surface area contributed by atoms with E-state index in [-0.39, 0.29) is 5.75 Å². The van der Waals surface area contributed by atoms with Crippen LogP contribution in [-0.2, 0) is 28.5 Å². The predicted octanol–water partition coefficient (Wildman–Crippen LogP) is 2.03. The number of nitrogens with two attached hydrogens (primary N) is 2. The molecule has 0 aliphatic carbocycles. The topological polar surface area (TPSA) is 207 Å². The van der Waals surface area contributed by atoms with Crippen molar-refractivity contribution in [3.8, 4) is 5.75 Å². The summed E-state index contributed by atoms with van der Waals surface area (Å²) in [7, 11) is 0. The summed E-state index contributed by atoms with van der Waals surface area (Å²) in [5.41, 5.74) is 10.3. The summed E-state index contributed by atoms with van der Waals surface area (Å²) in [5.74, 6) is -3.99. The zero-order chi connectivity index (χ0) is 31.0. The van der Waals surface area contributed by atoms with E-state index in [9.17, 15) is 29.4 Å². The Kier molecular flexibility index (Phi) is 16.1. The molecule has 0 radical (unpaired) electrons. The van der Waals surface area contributed by atoms with Gasteiger partial charge in [0.1, 0.15) is 23.0 Å². The van der Waals surface area contributed by atoms with Gasteiger partial charge in [-0.2, -0.15) is 0 Å². The second-order valence-corrected chi connectivity index (χ2v) is 10.3. The molecule has 0 amide bonds. The molecule has 0 aliphatic rings. The van der Waals surface area contributed by atoms with Crippen LogP contribution in [0.15, 0.2) is 18.2 Å². The highest BCUT2D eigenvalue weighted by Crippen LogP contribution is 2.24. The number of carboxylic acids is 2. The maximum Gasteiger partial charge on any atom is 0.340 e. The molecule has 0 heterocycles. The second-order valence-electron chi connectivity index (χ2n) is 10.3. The Bertz CT molecular complexity index is 994. The first-order valence-electron chi connectivity index (χ1n) is 13.5. The zero-order valence-electron chi connectivity index (χ0n) is 24.3. The lowest BCUT2D eigenvalue weighted by molar-refractivity contribution is -0.156. The van der Waals surface area contributed by atoms with E-state index in [1.54, 1.807) is 20.8 Å². The van der Waals surface area contributed by atoms with Gasteiger partial charge < -0.3 is 45.4 Å². The predicted molar refractivity (Wildman–Crippen MR) is 148 cm³/mol. The van der Waals surface area contributed by atoms with E-state index in [1.807, 2.05) is 0 Å². The Labute approximate surface area is 240 Å². The van der Waals surface area contributed by atoms with E-state index in [0.29, 0.717) is 65.3 Å². The molecular formula is C28H44N2O11. The summed E-state index contributed by atoms with van der Waals surface area (Å²) in [6.07, 6.45) is 0.839. The van der Waals surface area contributed by atoms with Crippen LogP contribution >= 0.6 is 0 Å². The monoisotopic (exact) mass is 584 g/mol. The largest absolute Gasteiger partial charge is 0.482 e. The van der Waals surface area contributed by atoms with Crippen molar-refractivity contribution in [3.63, 3.8) is 0 Å². The Balaban J connectivity index is 2.15. The lowest BCUT2D eigenvalue weighted by atomic mass is 10.0. The number of aromatic carboxylic acids is 2. The molecule has 0 aromatic heterocycles. The van der Waals surface area contributed by atoms with Crippen LogP contribution in [0.25, 0.3) is 0 Å². The highest BCUT2D eigenvalue weighted by molar-refractivity contribution is 6.03. The Morgan fingerprint density at radius 1 is 0.805 bits per heavy atom. The number of carbonyl (C=O) groups is 4. The van der Waals surface area contributed by atoms with E-state index >= 15 is 0 Å². The zero-order valence-corrected chi connectivity index (χ0v) is 24.3. The van der Waals surface area contributed by atoms with Gasteiger partial charge in [-0.15, -0.1) is 0 Å². The number of Topliss-reactive ketones (excluding diaryl/α,β-unsaturated/α-hetero) is 1. The standard InChI is InChI=1S/C28H44N2O11/c1-18(40-22-11-5-8-19(25(32)33)23(22)26(34)35)24(31)20(29)9-6-12-37-14-16-39-17-15-38-13-7-10-21(30)27(36)41-28(2,3)4/h5,8,11,18,20-21H,6-7,9-10,12-17,29-30H2,1-4H3,(H,32,33)(H,34,35). The number of hydrogen-bond acceptors (Lipinski definition) is 11. The molecule has 1 aromatic carbocycles. The van der Waals surface area contributed by atoms with Crippen molar-refractivity contribution in [1.82, 2.24) is 0 Å². The van der Waals surface area contributed by atoms with Gasteiger partial charge in [-0.25, -0.2) is 9.59 Å². The number of benzene rings is 1. The molecule has 0 fully saturated rings. The van der Waals surface area contributed by atoms with Crippen LogP contribution in [0.3, 0.4) is 0 Å². The third kappa shape index (κ3) is 14.4. The average molecular weight is 585 g/mol. The molecule has 3 unspecified atom stereocenters. The smallest absolute Gasteiger partial charge is 0.340 e. The SMILES string of the molecule is CC(Oc1cccc(C(=O)O)c1C(=O)O)C(=O)C(N)CCCOCCOCCOCCCC(N)C(=O)OC(C)(C)C. The van der Waals surface area contributed by atoms with Crippen molar-refractivity contribution in [1.29, 1.82) is 0 Å². The number of hydrogen-bond donors (Lipinski definition) is 4. The Morgan fingerprint density at radius 3 is 1.80 bits per heavy atom. The number of ether oxygens (including phenoxy) is 5. The molecule has 1 rings (SSSR count). The van der Waals surface area contributed by atoms with Gasteiger partial charge in [0.2, 0.25) is 0 Å². The van der Waals surface area contributed by atoms with Crippen LogP contribution in [0.4, 0.5) is 0 Å². The fraction of sp³-hybridized carbons (Fsp3) is 0.643. The van der Waals surface area contributed by atoms with Gasteiger partial charge in [-0.1, -0.05) is 6.07 Å². The number of carbonyl (C=O) groups excluding carboxylic acids is 2. The molecule has 0 saturated carbocycles. The minimum Gasteiger partial charge on any atom is -0.482 e. The van der Waals surface area contributed by atoms with E-state index in [2.05, 4.69) is 0 Å². The minimum atomic E-state index is -1.48. The van der Waals surface area contributed by atoms with Gasteiger partial charge >= 0.3 is 17.9 Å². The van der Waals surface area contributed by atoms with Crippen LogP contribution < -0.4 is 16.2 Å². The number of ketones is 1. The first-order chi connectivity index (χ1) is 19.2. The third-order valence-electron chi connectivity index (χ3n) is 5.60. The highest BCUT2D eigenvalue weighted by Gasteiger charge is 2.26. The summed E-state index contributed by atoms with van der Waals surface area (Å²) >= 11 is 0. The first-order valence-corrected chi connectivity index (χ1v) is 13.5. The quantitative estimate of drug-likeness (QED) is 0.121. The van der Waals surface area contributed by atoms with Crippen LogP contribution in [0.2, 0.25) is 0 Å². The molecule has 0 aliphatic heterocycles. The molecule has 41 heavy (non-hydrogen) atoms. The number of carboxylic acid groups (broad SMARTS) is 2. The summed E-state index contributed by atoms with van der Waals surface area (Å²) < 4.78 is 27.1. The summed E-state index contributed by atoms with van der Waals surface area (Å²) in [6, 6.07) is 2.23. The molecule has 13 heteroatoms. The van der Waals surface area contributed by atoms with Crippen LogP contribution in [0, 0.1) is 0 Å². The number of rotatable bonds is 21.